The molecule has 4 nitrogen and oxygen atoms in total. The Labute approximate surface area is 96.7 Å². The summed E-state index contributed by atoms with van der Waals surface area (Å²) < 4.78 is 10.8. The van der Waals surface area contributed by atoms with Gasteiger partial charge in [0.1, 0.15) is 0 Å². The zero-order chi connectivity index (χ0) is 12.0. The zero-order valence-corrected chi connectivity index (χ0v) is 9.71. The van der Waals surface area contributed by atoms with Crippen LogP contribution in [0.25, 0.3) is 0 Å². The third kappa shape index (κ3) is 3.83. The fourth-order valence-electron chi connectivity index (χ4n) is 1.14. The molecule has 0 saturated heterocycles. The van der Waals surface area contributed by atoms with Gasteiger partial charge in [0.15, 0.2) is 0 Å². The number of hydrogen-bond acceptors (Lipinski definition) is 3. The Morgan fingerprint density at radius 2 is 2.31 bits per heavy atom. The minimum atomic E-state index is -0.911. The van der Waals surface area contributed by atoms with Gasteiger partial charge in [-0.15, -0.1) is 0 Å². The molecule has 0 aliphatic heterocycles. The smallest absolute Gasteiger partial charge is 0.251 e. The van der Waals surface area contributed by atoms with Crippen LogP contribution >= 0.6 is 0 Å². The van der Waals surface area contributed by atoms with Crippen molar-refractivity contribution >= 4 is 16.7 Å². The minimum Gasteiger partial charge on any atom is -0.351 e. The summed E-state index contributed by atoms with van der Waals surface area (Å²) in [5.74, 6) is 0.187. The molecule has 16 heavy (non-hydrogen) atoms. The molecule has 0 heterocycles. The molecule has 0 saturated carbocycles. The number of nitrogens with one attached hydrogen (secondary N) is 1. The number of benzene rings is 1. The van der Waals surface area contributed by atoms with Crippen LogP contribution in [0.1, 0.15) is 15.9 Å². The molecular formula is C11H12N2O2S. The van der Waals surface area contributed by atoms with Crippen LogP contribution in [-0.4, -0.2) is 28.7 Å². The van der Waals surface area contributed by atoms with Gasteiger partial charge in [-0.2, -0.15) is 5.26 Å². The fourth-order valence-corrected chi connectivity index (χ4v) is 1.53. The van der Waals surface area contributed by atoms with Gasteiger partial charge in [-0.1, -0.05) is 6.07 Å². The molecule has 0 aliphatic rings. The lowest BCUT2D eigenvalue weighted by molar-refractivity contribution is 0.0956. The molecule has 0 aliphatic carbocycles. The van der Waals surface area contributed by atoms with Crippen LogP contribution in [0.4, 0.5) is 0 Å². The van der Waals surface area contributed by atoms with Gasteiger partial charge in [-0.3, -0.25) is 9.00 Å². The van der Waals surface area contributed by atoms with Crippen molar-refractivity contribution in [2.75, 3.05) is 18.6 Å². The lowest BCUT2D eigenvalue weighted by Gasteiger charge is -2.03. The van der Waals surface area contributed by atoms with Gasteiger partial charge < -0.3 is 5.32 Å². The molecule has 1 rings (SSSR count). The molecule has 84 valence electrons. The second kappa shape index (κ2) is 6.03. The van der Waals surface area contributed by atoms with Crippen LogP contribution in [0.2, 0.25) is 0 Å². The first-order valence-corrected chi connectivity index (χ1v) is 6.44. The summed E-state index contributed by atoms with van der Waals surface area (Å²) in [4.78, 5) is 11.6. The standard InChI is InChI=1S/C11H12N2O2S/c1-16(15)6-5-13-11(14)10-4-2-3-9(7-10)8-12/h2-4,7H,5-6H2,1H3,(H,13,14). The second-order valence-corrected chi connectivity index (χ2v) is 4.78. The number of hydrogen-bond donors (Lipinski definition) is 1. The maximum Gasteiger partial charge on any atom is 0.251 e. The lowest BCUT2D eigenvalue weighted by atomic mass is 10.1. The summed E-state index contributed by atoms with van der Waals surface area (Å²) in [6.45, 7) is 0.374. The van der Waals surface area contributed by atoms with E-state index in [0.717, 1.165) is 0 Å². The molecule has 1 unspecified atom stereocenters. The van der Waals surface area contributed by atoms with E-state index in [4.69, 9.17) is 5.26 Å². The quantitative estimate of drug-likeness (QED) is 0.835. The van der Waals surface area contributed by atoms with Crippen molar-refractivity contribution in [2.24, 2.45) is 0 Å². The first-order chi connectivity index (χ1) is 7.63. The number of carbonyl (C=O) groups is 1. The first-order valence-electron chi connectivity index (χ1n) is 4.72. The molecule has 1 aromatic carbocycles. The number of nitriles is 1. The maximum absolute atomic E-state index is 11.6. The Bertz CT molecular complexity index is 452. The van der Waals surface area contributed by atoms with Crippen LogP contribution in [0, 0.1) is 11.3 Å². The number of rotatable bonds is 4. The second-order valence-electron chi connectivity index (χ2n) is 3.23. The SMILES string of the molecule is CS(=O)CCNC(=O)c1cccc(C#N)c1. The monoisotopic (exact) mass is 236 g/mol. The van der Waals surface area contributed by atoms with Crippen molar-refractivity contribution in [3.63, 3.8) is 0 Å². The number of carbonyl (C=O) groups excluding carboxylic acids is 1. The van der Waals surface area contributed by atoms with Gasteiger partial charge in [0.25, 0.3) is 5.91 Å². The van der Waals surface area contributed by atoms with E-state index < -0.39 is 10.8 Å². The van der Waals surface area contributed by atoms with Crippen molar-refractivity contribution in [3.8, 4) is 6.07 Å². The highest BCUT2D eigenvalue weighted by Gasteiger charge is 2.05. The first kappa shape index (κ1) is 12.4. The fraction of sp³-hybridized carbons (Fsp3) is 0.273. The Hall–Kier alpha value is -1.67. The third-order valence-corrected chi connectivity index (χ3v) is 2.71. The van der Waals surface area contributed by atoms with Crippen LogP contribution in [-0.2, 0) is 10.8 Å². The van der Waals surface area contributed by atoms with Gasteiger partial charge in [0.2, 0.25) is 0 Å². The molecule has 0 radical (unpaired) electrons. The maximum atomic E-state index is 11.6. The summed E-state index contributed by atoms with van der Waals surface area (Å²) in [5.41, 5.74) is 0.896. The average Bonchev–Trinajstić information content (AvgIpc) is 2.28. The number of nitrogens with zero attached hydrogens (tertiary/aromatic N) is 1. The highest BCUT2D eigenvalue weighted by Crippen LogP contribution is 2.03. The van der Waals surface area contributed by atoms with Gasteiger partial charge in [-0.25, -0.2) is 0 Å². The Morgan fingerprint density at radius 3 is 2.94 bits per heavy atom. The van der Waals surface area contributed by atoms with Crippen molar-refractivity contribution in [1.82, 2.24) is 5.32 Å². The zero-order valence-electron chi connectivity index (χ0n) is 8.90. The van der Waals surface area contributed by atoms with E-state index in [1.165, 1.54) is 6.07 Å². The molecule has 0 bridgehead atoms. The summed E-state index contributed by atoms with van der Waals surface area (Å²) in [6.07, 6.45) is 1.59. The minimum absolute atomic E-state index is 0.248. The van der Waals surface area contributed by atoms with Crippen molar-refractivity contribution in [2.45, 2.75) is 0 Å². The predicted octanol–water partition coefficient (Wildman–Crippen LogP) is 0.667. The van der Waals surface area contributed by atoms with Gasteiger partial charge in [0.05, 0.1) is 11.6 Å². The molecule has 0 fully saturated rings. The summed E-state index contributed by atoms with van der Waals surface area (Å²) in [6, 6.07) is 8.43. The third-order valence-electron chi connectivity index (χ3n) is 1.93. The molecule has 1 N–H and O–H groups in total. The van der Waals surface area contributed by atoms with E-state index >= 15 is 0 Å². The van der Waals surface area contributed by atoms with E-state index in [2.05, 4.69) is 5.32 Å². The van der Waals surface area contributed by atoms with E-state index in [-0.39, 0.29) is 5.91 Å². The van der Waals surface area contributed by atoms with Gasteiger partial charge in [0, 0.05) is 34.9 Å². The molecule has 0 aromatic heterocycles. The molecule has 5 heteroatoms. The Morgan fingerprint density at radius 1 is 1.56 bits per heavy atom. The molecule has 1 amide bonds. The van der Waals surface area contributed by atoms with E-state index in [1.807, 2.05) is 6.07 Å². The molecule has 1 aromatic rings. The highest BCUT2D eigenvalue weighted by molar-refractivity contribution is 7.84. The summed E-state index contributed by atoms with van der Waals surface area (Å²) >= 11 is 0. The summed E-state index contributed by atoms with van der Waals surface area (Å²) in [7, 11) is -0.911. The van der Waals surface area contributed by atoms with Crippen molar-refractivity contribution in [1.29, 1.82) is 5.26 Å². The molecular weight excluding hydrogens is 224 g/mol. The van der Waals surface area contributed by atoms with E-state index in [1.54, 1.807) is 24.5 Å². The largest absolute Gasteiger partial charge is 0.351 e. The summed E-state index contributed by atoms with van der Waals surface area (Å²) in [5, 5.41) is 11.3. The van der Waals surface area contributed by atoms with Crippen LogP contribution in [0.3, 0.4) is 0 Å². The van der Waals surface area contributed by atoms with Crippen LogP contribution in [0.15, 0.2) is 24.3 Å². The topological polar surface area (TPSA) is 70.0 Å². The highest BCUT2D eigenvalue weighted by atomic mass is 32.2. The van der Waals surface area contributed by atoms with Crippen molar-refractivity contribution in [3.05, 3.63) is 35.4 Å². The predicted molar refractivity (Wildman–Crippen MR) is 62.4 cm³/mol. The van der Waals surface area contributed by atoms with Crippen LogP contribution in [0.5, 0.6) is 0 Å². The number of amides is 1. The Kier molecular flexibility index (Phi) is 4.67. The normalized spacial score (nSPS) is 11.5. The molecule has 1 atom stereocenters. The van der Waals surface area contributed by atoms with Gasteiger partial charge >= 0.3 is 0 Å². The van der Waals surface area contributed by atoms with Crippen LogP contribution < -0.4 is 5.32 Å². The lowest BCUT2D eigenvalue weighted by Crippen LogP contribution is -2.27. The Balaban J connectivity index is 2.59. The average molecular weight is 236 g/mol. The van der Waals surface area contributed by atoms with E-state index in [9.17, 15) is 9.00 Å². The van der Waals surface area contributed by atoms with E-state index in [0.29, 0.717) is 23.4 Å². The molecule has 0 spiro atoms. The van der Waals surface area contributed by atoms with Crippen molar-refractivity contribution < 1.29 is 9.00 Å². The van der Waals surface area contributed by atoms with Gasteiger partial charge in [-0.05, 0) is 18.2 Å².